The van der Waals surface area contributed by atoms with Crippen molar-refractivity contribution in [3.63, 3.8) is 0 Å². The van der Waals surface area contributed by atoms with Gasteiger partial charge < -0.3 is 4.74 Å². The predicted molar refractivity (Wildman–Crippen MR) is 97.9 cm³/mol. The van der Waals surface area contributed by atoms with Gasteiger partial charge >= 0.3 is 6.36 Å². The largest absolute Gasteiger partial charge is 0.573 e. The molecule has 1 aliphatic carbocycles. The van der Waals surface area contributed by atoms with E-state index in [2.05, 4.69) is 4.74 Å². The molecular formula is C20H15F5O3S. The van der Waals surface area contributed by atoms with Gasteiger partial charge in [0, 0.05) is 6.26 Å². The molecule has 3 nitrogen and oxygen atoms in total. The number of allylic oxidation sites excluding steroid dienone is 4. The summed E-state index contributed by atoms with van der Waals surface area (Å²) < 4.78 is 93.0. The number of halogens is 5. The van der Waals surface area contributed by atoms with Crippen LogP contribution in [0.15, 0.2) is 47.4 Å². The van der Waals surface area contributed by atoms with Gasteiger partial charge in [0.2, 0.25) is 0 Å². The Morgan fingerprint density at radius 3 is 1.97 bits per heavy atom. The van der Waals surface area contributed by atoms with E-state index in [4.69, 9.17) is 0 Å². The zero-order valence-electron chi connectivity index (χ0n) is 15.3. The average molecular weight is 430 g/mol. The highest BCUT2D eigenvalue weighted by atomic mass is 32.2. The lowest BCUT2D eigenvalue weighted by molar-refractivity contribution is -0.274. The summed E-state index contributed by atoms with van der Waals surface area (Å²) in [6.45, 7) is 1.45. The molecule has 0 heterocycles. The quantitative estimate of drug-likeness (QED) is 0.607. The molecule has 29 heavy (non-hydrogen) atoms. The van der Waals surface area contributed by atoms with Gasteiger partial charge in [-0.05, 0) is 65.4 Å². The van der Waals surface area contributed by atoms with E-state index in [0.29, 0.717) is 29.4 Å². The van der Waals surface area contributed by atoms with Crippen LogP contribution in [0.5, 0.6) is 5.75 Å². The molecule has 0 N–H and O–H groups in total. The van der Waals surface area contributed by atoms with Crippen molar-refractivity contribution in [2.45, 2.75) is 24.6 Å². The standard InChI is InChI=1S/C20H15F5O3S/c1-11-8-12(6-7-18(11)28-20(23,24)25)14-4-3-5-15(14)13-9-16(21)19(17(22)10-13)29(2,26)27/h4-10H,3H2,1-2H3. The Hall–Kier alpha value is -2.68. The highest BCUT2D eigenvalue weighted by molar-refractivity contribution is 7.90. The zero-order valence-corrected chi connectivity index (χ0v) is 16.1. The van der Waals surface area contributed by atoms with Crippen LogP contribution >= 0.6 is 0 Å². The van der Waals surface area contributed by atoms with Gasteiger partial charge in [-0.3, -0.25) is 0 Å². The van der Waals surface area contributed by atoms with Crippen molar-refractivity contribution in [2.24, 2.45) is 0 Å². The van der Waals surface area contributed by atoms with Crippen molar-refractivity contribution in [1.29, 1.82) is 0 Å². The first-order valence-corrected chi connectivity index (χ1v) is 10.2. The normalized spacial score (nSPS) is 14.6. The molecule has 2 aromatic carbocycles. The van der Waals surface area contributed by atoms with Gasteiger partial charge in [0.25, 0.3) is 0 Å². The molecule has 0 unspecified atom stereocenters. The smallest absolute Gasteiger partial charge is 0.406 e. The Kier molecular flexibility index (Phi) is 5.29. The Labute approximate surface area is 164 Å². The Bertz CT molecular complexity index is 1120. The Balaban J connectivity index is 1.99. The minimum atomic E-state index is -4.82. The molecule has 0 saturated heterocycles. The fourth-order valence-corrected chi connectivity index (χ4v) is 4.01. The molecule has 3 rings (SSSR count). The SMILES string of the molecule is Cc1cc(C2=CCC=C2c2cc(F)c(S(C)(=O)=O)c(F)c2)ccc1OC(F)(F)F. The summed E-state index contributed by atoms with van der Waals surface area (Å²) in [5.74, 6) is -2.76. The maximum atomic E-state index is 14.3. The number of alkyl halides is 3. The zero-order chi connectivity index (χ0) is 21.6. The van der Waals surface area contributed by atoms with Crippen LogP contribution in [-0.4, -0.2) is 21.0 Å². The summed E-state index contributed by atoms with van der Waals surface area (Å²) in [4.78, 5) is -1.00. The lowest BCUT2D eigenvalue weighted by Crippen LogP contribution is -2.17. The third-order valence-electron chi connectivity index (χ3n) is 4.33. The average Bonchev–Trinajstić information content (AvgIpc) is 3.03. The molecule has 9 heteroatoms. The number of ether oxygens (including phenoxy) is 1. The van der Waals surface area contributed by atoms with E-state index in [-0.39, 0.29) is 16.9 Å². The van der Waals surface area contributed by atoms with E-state index in [9.17, 15) is 30.4 Å². The summed E-state index contributed by atoms with van der Waals surface area (Å²) in [6.07, 6.45) is -0.211. The fourth-order valence-electron chi connectivity index (χ4n) is 3.19. The number of rotatable bonds is 4. The maximum Gasteiger partial charge on any atom is 0.573 e. The van der Waals surface area contributed by atoms with Crippen LogP contribution in [0.1, 0.15) is 23.1 Å². The molecule has 0 amide bonds. The van der Waals surface area contributed by atoms with E-state index < -0.39 is 32.7 Å². The lowest BCUT2D eigenvalue weighted by Gasteiger charge is -2.15. The molecule has 0 radical (unpaired) electrons. The third kappa shape index (κ3) is 4.50. The first-order chi connectivity index (χ1) is 13.4. The van der Waals surface area contributed by atoms with Crippen LogP contribution in [0.4, 0.5) is 22.0 Å². The number of benzene rings is 2. The summed E-state index contributed by atoms with van der Waals surface area (Å²) in [6, 6.07) is 5.92. The van der Waals surface area contributed by atoms with E-state index in [1.165, 1.54) is 25.1 Å². The first kappa shape index (κ1) is 21.0. The fraction of sp³-hybridized carbons (Fsp3) is 0.200. The lowest BCUT2D eigenvalue weighted by atomic mass is 9.94. The number of aryl methyl sites for hydroxylation is 1. The number of hydrogen-bond acceptors (Lipinski definition) is 3. The molecule has 0 saturated carbocycles. The molecule has 0 atom stereocenters. The van der Waals surface area contributed by atoms with Gasteiger partial charge in [-0.25, -0.2) is 17.2 Å². The van der Waals surface area contributed by atoms with Crippen LogP contribution in [0.25, 0.3) is 11.1 Å². The molecule has 0 bridgehead atoms. The summed E-state index contributed by atoms with van der Waals surface area (Å²) in [5, 5.41) is 0. The van der Waals surface area contributed by atoms with Crippen molar-refractivity contribution < 1.29 is 35.1 Å². The van der Waals surface area contributed by atoms with E-state index in [0.717, 1.165) is 12.1 Å². The molecule has 2 aromatic rings. The predicted octanol–water partition coefficient (Wildman–Crippen LogP) is 5.45. The molecule has 0 fully saturated rings. The Morgan fingerprint density at radius 2 is 1.48 bits per heavy atom. The van der Waals surface area contributed by atoms with E-state index in [1.54, 1.807) is 12.2 Å². The second-order valence-electron chi connectivity index (χ2n) is 6.54. The second-order valence-corrected chi connectivity index (χ2v) is 8.49. The van der Waals surface area contributed by atoms with E-state index in [1.807, 2.05) is 0 Å². The third-order valence-corrected chi connectivity index (χ3v) is 5.46. The van der Waals surface area contributed by atoms with Crippen LogP contribution in [0.2, 0.25) is 0 Å². The van der Waals surface area contributed by atoms with Gasteiger partial charge in [-0.15, -0.1) is 13.2 Å². The molecule has 154 valence electrons. The van der Waals surface area contributed by atoms with Crippen LogP contribution in [0.3, 0.4) is 0 Å². The highest BCUT2D eigenvalue weighted by Gasteiger charge is 2.32. The monoisotopic (exact) mass is 430 g/mol. The van der Waals surface area contributed by atoms with Crippen LogP contribution in [-0.2, 0) is 9.84 Å². The van der Waals surface area contributed by atoms with Gasteiger partial charge in [0.1, 0.15) is 22.3 Å². The van der Waals surface area contributed by atoms with Crippen molar-refractivity contribution in [1.82, 2.24) is 0 Å². The minimum absolute atomic E-state index is 0.129. The Morgan fingerprint density at radius 1 is 0.931 bits per heavy atom. The summed E-state index contributed by atoms with van der Waals surface area (Å²) in [5.41, 5.74) is 1.92. The number of hydrogen-bond donors (Lipinski definition) is 0. The van der Waals surface area contributed by atoms with Crippen LogP contribution in [0, 0.1) is 18.6 Å². The number of sulfone groups is 1. The first-order valence-electron chi connectivity index (χ1n) is 8.34. The van der Waals surface area contributed by atoms with Gasteiger partial charge in [-0.2, -0.15) is 0 Å². The van der Waals surface area contributed by atoms with Crippen LogP contribution < -0.4 is 4.74 Å². The van der Waals surface area contributed by atoms with Gasteiger partial charge in [0.15, 0.2) is 9.84 Å². The van der Waals surface area contributed by atoms with Crippen molar-refractivity contribution >= 4 is 21.0 Å². The van der Waals surface area contributed by atoms with Crippen molar-refractivity contribution in [3.05, 3.63) is 70.8 Å². The van der Waals surface area contributed by atoms with Crippen molar-refractivity contribution in [2.75, 3.05) is 6.26 Å². The molecule has 0 aromatic heterocycles. The highest BCUT2D eigenvalue weighted by Crippen LogP contribution is 2.39. The molecule has 1 aliphatic rings. The summed E-state index contributed by atoms with van der Waals surface area (Å²) in [7, 11) is -4.09. The topological polar surface area (TPSA) is 43.4 Å². The minimum Gasteiger partial charge on any atom is -0.406 e. The van der Waals surface area contributed by atoms with Gasteiger partial charge in [-0.1, -0.05) is 18.2 Å². The molecule has 0 spiro atoms. The van der Waals surface area contributed by atoms with Crippen molar-refractivity contribution in [3.8, 4) is 5.75 Å². The van der Waals surface area contributed by atoms with E-state index >= 15 is 0 Å². The molecular weight excluding hydrogens is 415 g/mol. The maximum absolute atomic E-state index is 14.3. The second kappa shape index (κ2) is 7.29. The summed E-state index contributed by atoms with van der Waals surface area (Å²) >= 11 is 0. The van der Waals surface area contributed by atoms with Gasteiger partial charge in [0.05, 0.1) is 0 Å². The molecule has 0 aliphatic heterocycles.